The molecular weight excluding hydrogens is 264 g/mol. The van der Waals surface area contributed by atoms with Crippen LogP contribution < -0.4 is 5.32 Å². The van der Waals surface area contributed by atoms with Crippen LogP contribution in [0.3, 0.4) is 0 Å². The van der Waals surface area contributed by atoms with Crippen molar-refractivity contribution in [1.29, 1.82) is 0 Å². The second-order valence-corrected chi connectivity index (χ2v) is 4.86. The summed E-state index contributed by atoms with van der Waals surface area (Å²) in [5.74, 6) is -0.0448. The molecule has 0 radical (unpaired) electrons. The molecule has 1 aromatic heterocycles. The van der Waals surface area contributed by atoms with E-state index in [4.69, 9.17) is 0 Å². The molecular formula is C17H14N2O2. The number of nitrogens with zero attached hydrogens (tertiary/aromatic N) is 1. The summed E-state index contributed by atoms with van der Waals surface area (Å²) in [5, 5.41) is 13.2. The van der Waals surface area contributed by atoms with Gasteiger partial charge in [0.15, 0.2) is 0 Å². The molecule has 2 aromatic carbocycles. The van der Waals surface area contributed by atoms with Gasteiger partial charge in [-0.2, -0.15) is 0 Å². The molecule has 0 unspecified atom stereocenters. The normalized spacial score (nSPS) is 10.5. The molecule has 0 saturated heterocycles. The molecule has 4 heteroatoms. The van der Waals surface area contributed by atoms with Crippen molar-refractivity contribution >= 4 is 22.5 Å². The highest BCUT2D eigenvalue weighted by atomic mass is 16.3. The Balaban J connectivity index is 1.89. The van der Waals surface area contributed by atoms with Crippen molar-refractivity contribution in [3.05, 3.63) is 65.9 Å². The molecule has 0 fully saturated rings. The number of benzene rings is 2. The number of phenolic OH excluding ortho intramolecular Hbond substituents is 1. The largest absolute Gasteiger partial charge is 0.508 e. The number of hydrogen-bond donors (Lipinski definition) is 2. The van der Waals surface area contributed by atoms with E-state index in [9.17, 15) is 9.90 Å². The average Bonchev–Trinajstić information content (AvgIpc) is 2.47. The van der Waals surface area contributed by atoms with Crippen LogP contribution in [0.1, 0.15) is 15.9 Å². The van der Waals surface area contributed by atoms with Gasteiger partial charge in [0.05, 0.1) is 5.52 Å². The number of aromatic hydroxyl groups is 1. The molecule has 0 bridgehead atoms. The van der Waals surface area contributed by atoms with Gasteiger partial charge in [-0.15, -0.1) is 0 Å². The van der Waals surface area contributed by atoms with Gasteiger partial charge in [0.25, 0.3) is 5.91 Å². The lowest BCUT2D eigenvalue weighted by molar-refractivity contribution is 0.102. The van der Waals surface area contributed by atoms with Gasteiger partial charge in [0.1, 0.15) is 5.75 Å². The highest BCUT2D eigenvalue weighted by molar-refractivity contribution is 6.06. The number of anilines is 1. The first-order valence-corrected chi connectivity index (χ1v) is 6.59. The molecule has 0 saturated carbocycles. The lowest BCUT2D eigenvalue weighted by Gasteiger charge is -2.08. The van der Waals surface area contributed by atoms with E-state index in [1.165, 1.54) is 6.07 Å². The maximum Gasteiger partial charge on any atom is 0.255 e. The highest BCUT2D eigenvalue weighted by Gasteiger charge is 2.10. The predicted octanol–water partition coefficient (Wildman–Crippen LogP) is 3.50. The Kier molecular flexibility index (Phi) is 3.28. The Hall–Kier alpha value is -2.88. The smallest absolute Gasteiger partial charge is 0.255 e. The summed E-state index contributed by atoms with van der Waals surface area (Å²) in [5.41, 5.74) is 2.87. The zero-order chi connectivity index (χ0) is 14.8. The van der Waals surface area contributed by atoms with Crippen molar-refractivity contribution in [2.75, 3.05) is 5.32 Å². The first-order chi connectivity index (χ1) is 10.1. The zero-order valence-corrected chi connectivity index (χ0v) is 11.5. The van der Waals surface area contributed by atoms with Crippen molar-refractivity contribution in [3.8, 4) is 5.75 Å². The minimum atomic E-state index is -0.198. The number of hydrogen-bond acceptors (Lipinski definition) is 3. The lowest BCUT2D eigenvalue weighted by atomic mass is 10.1. The van der Waals surface area contributed by atoms with Crippen LogP contribution >= 0.6 is 0 Å². The van der Waals surface area contributed by atoms with Crippen LogP contribution in [0.25, 0.3) is 10.9 Å². The molecule has 4 nitrogen and oxygen atoms in total. The van der Waals surface area contributed by atoms with E-state index in [2.05, 4.69) is 10.3 Å². The first kappa shape index (κ1) is 13.1. The Bertz CT molecular complexity index is 828. The van der Waals surface area contributed by atoms with E-state index in [0.717, 1.165) is 16.5 Å². The van der Waals surface area contributed by atoms with Crippen LogP contribution in [-0.2, 0) is 0 Å². The molecule has 1 heterocycles. The number of phenols is 1. The third-order valence-electron chi connectivity index (χ3n) is 3.32. The number of aromatic nitrogens is 1. The van der Waals surface area contributed by atoms with Crippen molar-refractivity contribution in [2.24, 2.45) is 0 Å². The monoisotopic (exact) mass is 278 g/mol. The zero-order valence-electron chi connectivity index (χ0n) is 11.5. The Morgan fingerprint density at radius 1 is 1.14 bits per heavy atom. The number of aryl methyl sites for hydroxylation is 1. The van der Waals surface area contributed by atoms with E-state index < -0.39 is 0 Å². The van der Waals surface area contributed by atoms with Gasteiger partial charge >= 0.3 is 0 Å². The Morgan fingerprint density at radius 3 is 2.81 bits per heavy atom. The van der Waals surface area contributed by atoms with Crippen LogP contribution in [0.15, 0.2) is 54.7 Å². The fraction of sp³-hybridized carbons (Fsp3) is 0.0588. The Morgan fingerprint density at radius 2 is 2.00 bits per heavy atom. The molecule has 2 N–H and O–H groups in total. The predicted molar refractivity (Wildman–Crippen MR) is 82.5 cm³/mol. The van der Waals surface area contributed by atoms with Crippen LogP contribution in [0.5, 0.6) is 5.75 Å². The number of carbonyl (C=O) groups excluding carboxylic acids is 1. The Labute approximate surface area is 122 Å². The van der Waals surface area contributed by atoms with Crippen LogP contribution in [0, 0.1) is 6.92 Å². The van der Waals surface area contributed by atoms with Crippen LogP contribution in [0.4, 0.5) is 5.69 Å². The number of rotatable bonds is 2. The summed E-state index contributed by atoms with van der Waals surface area (Å²) >= 11 is 0. The molecule has 1 amide bonds. The minimum absolute atomic E-state index is 0.154. The summed E-state index contributed by atoms with van der Waals surface area (Å²) in [4.78, 5) is 16.5. The molecule has 0 spiro atoms. The van der Waals surface area contributed by atoms with Gasteiger partial charge < -0.3 is 10.4 Å². The molecule has 3 aromatic rings. The number of nitrogens with one attached hydrogen (secondary N) is 1. The van der Waals surface area contributed by atoms with Gasteiger partial charge in [-0.05, 0) is 55.0 Å². The maximum atomic E-state index is 12.3. The number of amides is 1. The first-order valence-electron chi connectivity index (χ1n) is 6.59. The van der Waals surface area contributed by atoms with Gasteiger partial charge in [-0.25, -0.2) is 0 Å². The molecule has 0 atom stereocenters. The standard InChI is InChI=1S/C17H14N2O2/c1-11-9-14(20)5-6-15(11)17(21)19-13-4-7-16-12(10-13)3-2-8-18-16/h2-10,20H,1H3,(H,19,21). The van der Waals surface area contributed by atoms with Crippen molar-refractivity contribution in [1.82, 2.24) is 4.98 Å². The molecule has 104 valence electrons. The van der Waals surface area contributed by atoms with Crippen LogP contribution in [-0.4, -0.2) is 16.0 Å². The summed E-state index contributed by atoms with van der Waals surface area (Å²) in [6, 6.07) is 14.1. The summed E-state index contributed by atoms with van der Waals surface area (Å²) in [7, 11) is 0. The fourth-order valence-electron chi connectivity index (χ4n) is 2.25. The summed E-state index contributed by atoms with van der Waals surface area (Å²) < 4.78 is 0. The molecule has 0 aliphatic heterocycles. The lowest BCUT2D eigenvalue weighted by Crippen LogP contribution is -2.13. The van der Waals surface area contributed by atoms with E-state index in [0.29, 0.717) is 11.3 Å². The third-order valence-corrected chi connectivity index (χ3v) is 3.32. The SMILES string of the molecule is Cc1cc(O)ccc1C(=O)Nc1ccc2ncccc2c1. The fourth-order valence-corrected chi connectivity index (χ4v) is 2.25. The van der Waals surface area contributed by atoms with Crippen molar-refractivity contribution < 1.29 is 9.90 Å². The molecule has 0 aliphatic carbocycles. The topological polar surface area (TPSA) is 62.2 Å². The van der Waals surface area contributed by atoms with E-state index in [-0.39, 0.29) is 11.7 Å². The van der Waals surface area contributed by atoms with Gasteiger partial charge in [-0.1, -0.05) is 6.07 Å². The maximum absolute atomic E-state index is 12.3. The van der Waals surface area contributed by atoms with E-state index in [1.807, 2.05) is 30.3 Å². The van der Waals surface area contributed by atoms with Crippen LogP contribution in [0.2, 0.25) is 0 Å². The van der Waals surface area contributed by atoms with Gasteiger partial charge in [0.2, 0.25) is 0 Å². The molecule has 21 heavy (non-hydrogen) atoms. The van der Waals surface area contributed by atoms with E-state index >= 15 is 0 Å². The van der Waals surface area contributed by atoms with E-state index in [1.54, 1.807) is 25.3 Å². The van der Waals surface area contributed by atoms with Crippen molar-refractivity contribution in [3.63, 3.8) is 0 Å². The number of pyridine rings is 1. The average molecular weight is 278 g/mol. The second-order valence-electron chi connectivity index (χ2n) is 4.86. The van der Waals surface area contributed by atoms with Gasteiger partial charge in [0, 0.05) is 22.8 Å². The van der Waals surface area contributed by atoms with Crippen molar-refractivity contribution in [2.45, 2.75) is 6.92 Å². The second kappa shape index (κ2) is 5.25. The minimum Gasteiger partial charge on any atom is -0.508 e. The molecule has 0 aliphatic rings. The molecule has 3 rings (SSSR count). The number of carbonyl (C=O) groups is 1. The third kappa shape index (κ3) is 2.69. The van der Waals surface area contributed by atoms with Gasteiger partial charge in [-0.3, -0.25) is 9.78 Å². The summed E-state index contributed by atoms with van der Waals surface area (Å²) in [6.07, 6.45) is 1.74. The quantitative estimate of drug-likeness (QED) is 0.754. The number of fused-ring (bicyclic) bond motifs is 1. The highest BCUT2D eigenvalue weighted by Crippen LogP contribution is 2.20. The summed E-state index contributed by atoms with van der Waals surface area (Å²) in [6.45, 7) is 1.79.